The maximum atomic E-state index is 13.8. The third-order valence-electron chi connectivity index (χ3n) is 6.61. The van der Waals surface area contributed by atoms with Crippen molar-refractivity contribution in [2.45, 2.75) is 70.1 Å². The number of carbonyl (C=O) groups is 1. The molecule has 200 valence electrons. The highest BCUT2D eigenvalue weighted by Gasteiger charge is 2.48. The van der Waals surface area contributed by atoms with Crippen LogP contribution in [-0.4, -0.2) is 75.2 Å². The van der Waals surface area contributed by atoms with Crippen LogP contribution in [0.4, 0.5) is 0 Å². The van der Waals surface area contributed by atoms with Crippen LogP contribution in [-0.2, 0) is 15.9 Å². The van der Waals surface area contributed by atoms with Crippen LogP contribution in [0.1, 0.15) is 48.4 Å². The first-order valence-electron chi connectivity index (χ1n) is 11.9. The van der Waals surface area contributed by atoms with Crippen LogP contribution >= 0.6 is 0 Å². The summed E-state index contributed by atoms with van der Waals surface area (Å²) in [5, 5.41) is 52.0. The first-order valence-corrected chi connectivity index (χ1v) is 11.9. The lowest BCUT2D eigenvalue weighted by molar-refractivity contribution is -0.304. The number of carbonyl (C=O) groups excluding carboxylic acids is 1. The van der Waals surface area contributed by atoms with E-state index < -0.39 is 54.4 Å². The molecule has 2 aromatic carbocycles. The predicted octanol–water partition coefficient (Wildman–Crippen LogP) is 2.14. The third-order valence-corrected chi connectivity index (χ3v) is 6.61. The van der Waals surface area contributed by atoms with E-state index in [4.69, 9.17) is 18.9 Å². The van der Waals surface area contributed by atoms with Crippen molar-refractivity contribution < 1.29 is 49.3 Å². The number of Topliss-reactive ketones (excluding diaryl/α,β-unsaturated/α-hetero) is 1. The number of ketones is 1. The molecule has 0 saturated carbocycles. The van der Waals surface area contributed by atoms with Gasteiger partial charge in [0.1, 0.15) is 46.9 Å². The minimum atomic E-state index is -1.65. The van der Waals surface area contributed by atoms with Crippen LogP contribution in [0.25, 0.3) is 0 Å². The summed E-state index contributed by atoms with van der Waals surface area (Å²) >= 11 is 0. The second-order valence-electron chi connectivity index (χ2n) is 9.50. The highest BCUT2D eigenvalue weighted by molar-refractivity contribution is 6.06. The smallest absolute Gasteiger partial charge is 0.203 e. The first-order chi connectivity index (χ1) is 17.5. The number of benzene rings is 2. The molecule has 4 rings (SSSR count). The second-order valence-corrected chi connectivity index (χ2v) is 9.50. The van der Waals surface area contributed by atoms with Gasteiger partial charge >= 0.3 is 0 Å². The molecule has 37 heavy (non-hydrogen) atoms. The van der Waals surface area contributed by atoms with Crippen molar-refractivity contribution in [3.8, 4) is 23.0 Å². The van der Waals surface area contributed by atoms with E-state index in [1.54, 1.807) is 24.3 Å². The van der Waals surface area contributed by atoms with Gasteiger partial charge < -0.3 is 44.5 Å². The zero-order chi connectivity index (χ0) is 27.0. The lowest BCUT2D eigenvalue weighted by Gasteiger charge is -2.42. The van der Waals surface area contributed by atoms with E-state index in [1.807, 2.05) is 19.9 Å². The molecular weight excluding hydrogens is 484 g/mol. The summed E-state index contributed by atoms with van der Waals surface area (Å²) < 4.78 is 23.0. The van der Waals surface area contributed by atoms with E-state index in [0.29, 0.717) is 16.9 Å². The van der Waals surface area contributed by atoms with Crippen molar-refractivity contribution in [1.29, 1.82) is 0 Å². The van der Waals surface area contributed by atoms with Gasteiger partial charge in [-0.15, -0.1) is 0 Å². The van der Waals surface area contributed by atoms with Crippen LogP contribution in [0.15, 0.2) is 42.0 Å². The topological polar surface area (TPSA) is 155 Å². The number of aromatic hydroxyl groups is 2. The normalized spacial score (nSPS) is 29.3. The summed E-state index contributed by atoms with van der Waals surface area (Å²) in [5.41, 5.74) is 1.64. The van der Waals surface area contributed by atoms with Crippen molar-refractivity contribution in [3.05, 3.63) is 58.7 Å². The quantitative estimate of drug-likeness (QED) is 0.361. The third kappa shape index (κ3) is 5.16. The average Bonchev–Trinajstić information content (AvgIpc) is 2.86. The molecule has 0 amide bonds. The van der Waals surface area contributed by atoms with E-state index in [1.165, 1.54) is 14.0 Å². The lowest BCUT2D eigenvalue weighted by Crippen LogP contribution is -2.59. The molecule has 7 unspecified atom stereocenters. The Kier molecular flexibility index (Phi) is 7.77. The average molecular weight is 517 g/mol. The molecule has 1 saturated heterocycles. The second kappa shape index (κ2) is 10.7. The van der Waals surface area contributed by atoms with E-state index in [0.717, 1.165) is 11.6 Å². The van der Waals surface area contributed by atoms with Crippen LogP contribution in [0.5, 0.6) is 23.0 Å². The number of phenolic OH excluding ortho intramolecular Hbond substituents is 2. The number of aliphatic hydroxyl groups excluding tert-OH is 3. The number of hydrogen-bond donors (Lipinski definition) is 5. The Hall–Kier alpha value is -3.15. The molecule has 0 bridgehead atoms. The summed E-state index contributed by atoms with van der Waals surface area (Å²) in [5.74, 6) is -0.794. The standard InChI is InChI=1S/C27H32O10/c1-12(2)5-10-16-17(28)11-18(29)19-21(31)26(37-27-23(33)22(32)20(30)13(3)35-27)24(36-25(16)19)14-6-8-15(34-4)9-7-14/h5-9,11,13,20,22-24,26-30,32-33H,10H2,1-4H3. The van der Waals surface area contributed by atoms with Crippen molar-refractivity contribution in [1.82, 2.24) is 0 Å². The van der Waals surface area contributed by atoms with Crippen molar-refractivity contribution >= 4 is 5.78 Å². The number of allylic oxidation sites excluding steroid dienone is 2. The summed E-state index contributed by atoms with van der Waals surface area (Å²) in [6.45, 7) is 5.28. The highest BCUT2D eigenvalue weighted by Crippen LogP contribution is 2.47. The molecule has 10 nitrogen and oxygen atoms in total. The molecule has 2 heterocycles. The van der Waals surface area contributed by atoms with Gasteiger partial charge in [0.2, 0.25) is 5.78 Å². The first kappa shape index (κ1) is 26.9. The van der Waals surface area contributed by atoms with Gasteiger partial charge in [-0.3, -0.25) is 4.79 Å². The monoisotopic (exact) mass is 516 g/mol. The SMILES string of the molecule is COc1ccc(C2Oc3c(CC=C(C)C)c(O)cc(O)c3C(=O)C2OC2OC(C)C(O)C(O)C2O)cc1. The molecule has 2 aromatic rings. The Morgan fingerprint density at radius 3 is 2.32 bits per heavy atom. The molecular formula is C27H32O10. The Labute approximate surface area is 214 Å². The minimum Gasteiger partial charge on any atom is -0.507 e. The van der Waals surface area contributed by atoms with Crippen molar-refractivity contribution in [2.75, 3.05) is 7.11 Å². The molecule has 2 aliphatic heterocycles. The Morgan fingerprint density at radius 2 is 1.70 bits per heavy atom. The molecule has 7 atom stereocenters. The Balaban J connectivity index is 1.80. The van der Waals surface area contributed by atoms with E-state index in [2.05, 4.69) is 0 Å². The number of methoxy groups -OCH3 is 1. The fourth-order valence-electron chi connectivity index (χ4n) is 4.45. The van der Waals surface area contributed by atoms with E-state index in [9.17, 15) is 30.3 Å². The number of rotatable bonds is 6. The molecule has 0 aliphatic carbocycles. The Morgan fingerprint density at radius 1 is 1.03 bits per heavy atom. The maximum Gasteiger partial charge on any atom is 0.203 e. The van der Waals surface area contributed by atoms with E-state index in [-0.39, 0.29) is 23.5 Å². The van der Waals surface area contributed by atoms with Crippen LogP contribution in [0.3, 0.4) is 0 Å². The molecule has 1 fully saturated rings. The summed E-state index contributed by atoms with van der Waals surface area (Å²) in [4.78, 5) is 13.8. The number of phenols is 2. The number of aliphatic hydroxyl groups is 3. The van der Waals surface area contributed by atoms with Gasteiger partial charge in [-0.1, -0.05) is 23.8 Å². The van der Waals surface area contributed by atoms with Crippen LogP contribution in [0.2, 0.25) is 0 Å². The fraction of sp³-hybridized carbons (Fsp3) is 0.444. The molecule has 0 spiro atoms. The van der Waals surface area contributed by atoms with Gasteiger partial charge in [-0.05, 0) is 44.9 Å². The highest BCUT2D eigenvalue weighted by atomic mass is 16.7. The molecule has 0 radical (unpaired) electrons. The van der Waals surface area contributed by atoms with Crippen LogP contribution < -0.4 is 9.47 Å². The fourth-order valence-corrected chi connectivity index (χ4v) is 4.45. The zero-order valence-electron chi connectivity index (χ0n) is 21.0. The molecule has 2 aliphatic rings. The van der Waals surface area contributed by atoms with Gasteiger partial charge in [-0.2, -0.15) is 0 Å². The van der Waals surface area contributed by atoms with Crippen molar-refractivity contribution in [3.63, 3.8) is 0 Å². The summed E-state index contributed by atoms with van der Waals surface area (Å²) in [6.07, 6.45) is -7.33. The van der Waals surface area contributed by atoms with E-state index >= 15 is 0 Å². The van der Waals surface area contributed by atoms with Gasteiger partial charge in [-0.25, -0.2) is 0 Å². The summed E-state index contributed by atoms with van der Waals surface area (Å²) in [6, 6.07) is 7.78. The lowest BCUT2D eigenvalue weighted by atomic mass is 9.89. The Bertz CT molecular complexity index is 1170. The number of ether oxygens (including phenoxy) is 4. The largest absolute Gasteiger partial charge is 0.507 e. The van der Waals surface area contributed by atoms with Crippen LogP contribution in [0, 0.1) is 0 Å². The molecule has 0 aromatic heterocycles. The van der Waals surface area contributed by atoms with Gasteiger partial charge in [0, 0.05) is 11.6 Å². The summed E-state index contributed by atoms with van der Waals surface area (Å²) in [7, 11) is 1.52. The van der Waals surface area contributed by atoms with Crippen molar-refractivity contribution in [2.24, 2.45) is 0 Å². The maximum absolute atomic E-state index is 13.8. The number of hydrogen-bond acceptors (Lipinski definition) is 10. The van der Waals surface area contributed by atoms with Gasteiger partial charge in [0.15, 0.2) is 18.5 Å². The zero-order valence-corrected chi connectivity index (χ0v) is 21.0. The molecule has 5 N–H and O–H groups in total. The van der Waals surface area contributed by atoms with Gasteiger partial charge in [0.05, 0.1) is 13.2 Å². The minimum absolute atomic E-state index is 0.0228. The number of fused-ring (bicyclic) bond motifs is 1. The predicted molar refractivity (Wildman–Crippen MR) is 131 cm³/mol. The van der Waals surface area contributed by atoms with Gasteiger partial charge in [0.25, 0.3) is 0 Å². The molecule has 10 heteroatoms.